The minimum atomic E-state index is -0.972. The summed E-state index contributed by atoms with van der Waals surface area (Å²) in [6, 6.07) is 24.5. The van der Waals surface area contributed by atoms with Crippen LogP contribution in [0.15, 0.2) is 91.5 Å². The normalized spacial score (nSPS) is 17.9. The lowest BCUT2D eigenvalue weighted by Gasteiger charge is -2.40. The number of carbonyl (C=O) groups excluding carboxylic acids is 3. The van der Waals surface area contributed by atoms with Crippen molar-refractivity contribution in [2.24, 2.45) is 0 Å². The van der Waals surface area contributed by atoms with E-state index in [-0.39, 0.29) is 30.2 Å². The molecule has 0 unspecified atom stereocenters. The highest BCUT2D eigenvalue weighted by Gasteiger charge is 2.49. The third-order valence-electron chi connectivity index (χ3n) is 7.43. The SMILES string of the molecule is C=CCOC(=O)[C@]1(c2ccccc2)CC[C@@H](C(=O)CCCCNC(=O)c2ccccc2OC)c2ccccc21. The number of Topliss-reactive ketones (excluding diaryl/α,β-unsaturated/α-hetero) is 1. The van der Waals surface area contributed by atoms with Crippen LogP contribution in [0.25, 0.3) is 0 Å². The Morgan fingerprint density at radius 1 is 0.974 bits per heavy atom. The molecule has 1 aliphatic rings. The molecule has 0 radical (unpaired) electrons. The van der Waals surface area contributed by atoms with Gasteiger partial charge >= 0.3 is 5.97 Å². The summed E-state index contributed by atoms with van der Waals surface area (Å²) in [7, 11) is 1.54. The van der Waals surface area contributed by atoms with Crippen molar-refractivity contribution in [3.63, 3.8) is 0 Å². The van der Waals surface area contributed by atoms with E-state index in [1.165, 1.54) is 7.11 Å². The van der Waals surface area contributed by atoms with Crippen LogP contribution in [0.5, 0.6) is 5.75 Å². The van der Waals surface area contributed by atoms with Crippen LogP contribution in [0.1, 0.15) is 65.1 Å². The maximum atomic E-state index is 13.6. The zero-order valence-electron chi connectivity index (χ0n) is 22.4. The van der Waals surface area contributed by atoms with Crippen LogP contribution >= 0.6 is 0 Å². The Balaban J connectivity index is 1.44. The Morgan fingerprint density at radius 3 is 2.46 bits per heavy atom. The number of benzene rings is 3. The molecule has 0 saturated carbocycles. The molecule has 0 aliphatic heterocycles. The Hall–Kier alpha value is -4.19. The standard InChI is InChI=1S/C33H35NO5/c1-3-23-39-32(37)33(24-13-5-4-6-14-24)21-20-26(25-15-7-9-17-28(25)33)29(35)18-11-12-22-34-31(36)27-16-8-10-19-30(27)38-2/h3-10,13-17,19,26H,1,11-12,18,20-23H2,2H3,(H,34,36)/t26-,33+/m1/s1. The molecule has 1 N–H and O–H groups in total. The number of ether oxygens (including phenoxy) is 2. The van der Waals surface area contributed by atoms with E-state index in [2.05, 4.69) is 11.9 Å². The van der Waals surface area contributed by atoms with Crippen molar-refractivity contribution < 1.29 is 23.9 Å². The van der Waals surface area contributed by atoms with Gasteiger partial charge in [-0.15, -0.1) is 0 Å². The van der Waals surface area contributed by atoms with Crippen LogP contribution in [0.2, 0.25) is 0 Å². The van der Waals surface area contributed by atoms with Gasteiger partial charge < -0.3 is 14.8 Å². The number of fused-ring (bicyclic) bond motifs is 1. The van der Waals surface area contributed by atoms with Gasteiger partial charge in [-0.2, -0.15) is 0 Å². The largest absolute Gasteiger partial charge is 0.496 e. The van der Waals surface area contributed by atoms with Crippen molar-refractivity contribution in [2.45, 2.75) is 43.4 Å². The molecule has 202 valence electrons. The smallest absolute Gasteiger partial charge is 0.321 e. The van der Waals surface area contributed by atoms with Crippen LogP contribution in [0.4, 0.5) is 0 Å². The molecular weight excluding hydrogens is 490 g/mol. The minimum absolute atomic E-state index is 0.130. The third kappa shape index (κ3) is 5.95. The number of rotatable bonds is 12. The Labute approximate surface area is 230 Å². The van der Waals surface area contributed by atoms with Gasteiger partial charge in [-0.25, -0.2) is 0 Å². The number of hydrogen-bond acceptors (Lipinski definition) is 5. The summed E-state index contributed by atoms with van der Waals surface area (Å²) in [4.78, 5) is 39.5. The maximum Gasteiger partial charge on any atom is 0.321 e. The summed E-state index contributed by atoms with van der Waals surface area (Å²) >= 11 is 0. The molecule has 0 spiro atoms. The summed E-state index contributed by atoms with van der Waals surface area (Å²) in [5, 5.41) is 2.91. The fraction of sp³-hybridized carbons (Fsp3) is 0.303. The summed E-state index contributed by atoms with van der Waals surface area (Å²) in [6.07, 6.45) is 4.35. The number of para-hydroxylation sites is 1. The first-order valence-electron chi connectivity index (χ1n) is 13.4. The molecular formula is C33H35NO5. The van der Waals surface area contributed by atoms with Crippen LogP contribution in [-0.4, -0.2) is 37.9 Å². The van der Waals surface area contributed by atoms with Gasteiger partial charge in [-0.1, -0.05) is 79.4 Å². The Bertz CT molecular complexity index is 1320. The Kier molecular flexibility index (Phi) is 9.31. The van der Waals surface area contributed by atoms with E-state index in [0.29, 0.717) is 50.0 Å². The zero-order valence-corrected chi connectivity index (χ0v) is 22.4. The van der Waals surface area contributed by atoms with E-state index < -0.39 is 5.41 Å². The van der Waals surface area contributed by atoms with Gasteiger partial charge in [0.05, 0.1) is 12.7 Å². The second-order valence-corrected chi connectivity index (χ2v) is 9.72. The molecule has 4 rings (SSSR count). The third-order valence-corrected chi connectivity index (χ3v) is 7.43. The lowest BCUT2D eigenvalue weighted by Crippen LogP contribution is -2.43. The van der Waals surface area contributed by atoms with E-state index in [4.69, 9.17) is 9.47 Å². The second-order valence-electron chi connectivity index (χ2n) is 9.72. The van der Waals surface area contributed by atoms with Gasteiger partial charge in [-0.3, -0.25) is 14.4 Å². The summed E-state index contributed by atoms with van der Waals surface area (Å²) < 4.78 is 10.9. The van der Waals surface area contributed by atoms with Gasteiger partial charge in [0, 0.05) is 18.9 Å². The summed E-state index contributed by atoms with van der Waals surface area (Å²) in [5.41, 5.74) is 2.10. The number of unbranched alkanes of at least 4 members (excludes halogenated alkanes) is 1. The number of nitrogens with one attached hydrogen (secondary N) is 1. The highest BCUT2D eigenvalue weighted by molar-refractivity contribution is 5.97. The fourth-order valence-electron chi connectivity index (χ4n) is 5.51. The lowest BCUT2D eigenvalue weighted by molar-refractivity contribution is -0.148. The number of esters is 1. The van der Waals surface area contributed by atoms with Gasteiger partial charge in [0.1, 0.15) is 23.6 Å². The molecule has 0 bridgehead atoms. The van der Waals surface area contributed by atoms with Gasteiger partial charge in [0.2, 0.25) is 0 Å². The molecule has 6 nitrogen and oxygen atoms in total. The van der Waals surface area contributed by atoms with Crippen molar-refractivity contribution >= 4 is 17.7 Å². The molecule has 1 aliphatic carbocycles. The van der Waals surface area contributed by atoms with E-state index in [0.717, 1.165) is 16.7 Å². The van der Waals surface area contributed by atoms with Crippen molar-refractivity contribution in [1.82, 2.24) is 5.32 Å². The van der Waals surface area contributed by atoms with Gasteiger partial charge in [0.15, 0.2) is 0 Å². The molecule has 1 amide bonds. The number of methoxy groups -OCH3 is 1. The van der Waals surface area contributed by atoms with Crippen LogP contribution < -0.4 is 10.1 Å². The van der Waals surface area contributed by atoms with Crippen molar-refractivity contribution in [2.75, 3.05) is 20.3 Å². The van der Waals surface area contributed by atoms with E-state index in [9.17, 15) is 14.4 Å². The maximum absolute atomic E-state index is 13.6. The quantitative estimate of drug-likeness (QED) is 0.185. The second kappa shape index (κ2) is 13.1. The monoisotopic (exact) mass is 525 g/mol. The zero-order chi connectivity index (χ0) is 27.7. The fourth-order valence-corrected chi connectivity index (χ4v) is 5.51. The number of hydrogen-bond donors (Lipinski definition) is 1. The molecule has 39 heavy (non-hydrogen) atoms. The van der Waals surface area contributed by atoms with Gasteiger partial charge in [0.25, 0.3) is 5.91 Å². The van der Waals surface area contributed by atoms with Gasteiger partial charge in [-0.05, 0) is 54.5 Å². The molecule has 0 aromatic heterocycles. The molecule has 0 fully saturated rings. The first-order valence-corrected chi connectivity index (χ1v) is 13.4. The van der Waals surface area contributed by atoms with E-state index >= 15 is 0 Å². The highest BCUT2D eigenvalue weighted by Crippen LogP contribution is 2.48. The van der Waals surface area contributed by atoms with Crippen molar-refractivity contribution in [1.29, 1.82) is 0 Å². The first kappa shape index (κ1) is 27.8. The van der Waals surface area contributed by atoms with Crippen LogP contribution in [0.3, 0.4) is 0 Å². The number of amides is 1. The van der Waals surface area contributed by atoms with E-state index in [1.54, 1.807) is 24.3 Å². The lowest BCUT2D eigenvalue weighted by atomic mass is 9.62. The van der Waals surface area contributed by atoms with Crippen molar-refractivity contribution in [3.8, 4) is 5.75 Å². The van der Waals surface area contributed by atoms with Crippen molar-refractivity contribution in [3.05, 3.63) is 114 Å². The average Bonchev–Trinajstić information content (AvgIpc) is 2.99. The molecule has 2 atom stereocenters. The van der Waals surface area contributed by atoms with Crippen LogP contribution in [0, 0.1) is 0 Å². The van der Waals surface area contributed by atoms with Crippen LogP contribution in [-0.2, 0) is 19.7 Å². The predicted octanol–water partition coefficient (Wildman–Crippen LogP) is 5.76. The van der Waals surface area contributed by atoms with E-state index in [1.807, 2.05) is 60.7 Å². The molecule has 3 aromatic carbocycles. The highest BCUT2D eigenvalue weighted by atomic mass is 16.5. The molecule has 3 aromatic rings. The summed E-state index contributed by atoms with van der Waals surface area (Å²) in [6.45, 7) is 4.28. The minimum Gasteiger partial charge on any atom is -0.496 e. The molecule has 6 heteroatoms. The number of ketones is 1. The Morgan fingerprint density at radius 2 is 1.69 bits per heavy atom. The predicted molar refractivity (Wildman–Crippen MR) is 151 cm³/mol. The molecule has 0 saturated heterocycles. The number of carbonyl (C=O) groups is 3. The first-order chi connectivity index (χ1) is 19.0. The topological polar surface area (TPSA) is 81.7 Å². The molecule has 0 heterocycles. The summed E-state index contributed by atoms with van der Waals surface area (Å²) in [5.74, 6) is -0.118. The average molecular weight is 526 g/mol.